The van der Waals surface area contributed by atoms with Crippen LogP contribution in [0.2, 0.25) is 0 Å². The Bertz CT molecular complexity index is 3760. The Labute approximate surface area is 358 Å². The number of para-hydroxylation sites is 4. The summed E-state index contributed by atoms with van der Waals surface area (Å²) in [5.74, 6) is -0.323. The molecule has 0 atom stereocenters. The highest BCUT2D eigenvalue weighted by molar-refractivity contribution is 6.09. The third kappa shape index (κ3) is 6.22. The predicted octanol–water partition coefficient (Wildman–Crippen LogP) is 13.2. The van der Waals surface area contributed by atoms with Gasteiger partial charge in [0.1, 0.15) is 17.3 Å². The maximum atomic E-state index is 9.40. The van der Waals surface area contributed by atoms with E-state index in [9.17, 15) is 2.74 Å². The molecule has 0 fully saturated rings. The second-order valence-electron chi connectivity index (χ2n) is 13.6. The molecule has 5 nitrogen and oxygen atoms in total. The van der Waals surface area contributed by atoms with Crippen molar-refractivity contribution in [3.8, 4) is 50.9 Å². The van der Waals surface area contributed by atoms with Gasteiger partial charge in [0.2, 0.25) is 0 Å². The van der Waals surface area contributed by atoms with E-state index in [2.05, 4.69) is 11.3 Å². The first kappa shape index (κ1) is 23.1. The lowest BCUT2D eigenvalue weighted by molar-refractivity contribution is -0.571. The molecule has 3 heterocycles. The molecule has 58 heavy (non-hydrogen) atoms. The van der Waals surface area contributed by atoms with Crippen molar-refractivity contribution < 1.29 is 28.5 Å². The van der Waals surface area contributed by atoms with E-state index in [1.807, 2.05) is 74.5 Å². The van der Waals surface area contributed by atoms with Gasteiger partial charge in [0.15, 0.2) is 0 Å². The summed E-state index contributed by atoms with van der Waals surface area (Å²) in [4.78, 5) is 4.49. The van der Waals surface area contributed by atoms with Gasteiger partial charge in [-0.15, -0.1) is 0 Å². The summed E-state index contributed by atoms with van der Waals surface area (Å²) in [6.45, 7) is 3.68. The smallest absolute Gasteiger partial charge is 0.269 e. The summed E-state index contributed by atoms with van der Waals surface area (Å²) in [7, 11) is 0. The first-order valence-electron chi connectivity index (χ1n) is 25.9. The van der Waals surface area contributed by atoms with Crippen LogP contribution in [0.25, 0.3) is 72.3 Å². The maximum Gasteiger partial charge on any atom is 0.269 e. The fourth-order valence-corrected chi connectivity index (χ4v) is 7.63. The van der Waals surface area contributed by atoms with Crippen molar-refractivity contribution in [1.82, 2.24) is 14.1 Å². The Morgan fingerprint density at radius 2 is 1.33 bits per heavy atom. The summed E-state index contributed by atoms with van der Waals surface area (Å²) in [5.41, 5.74) is 3.21. The number of hydrogen-bond acceptors (Lipinski definition) is 2. The Kier molecular flexibility index (Phi) is 5.98. The molecule has 5 heteroatoms. The molecule has 0 radical (unpaired) electrons. The molecule has 0 N–H and O–H groups in total. The highest BCUT2D eigenvalue weighted by atomic mass is 16.5. The molecule has 0 unspecified atom stereocenters. The van der Waals surface area contributed by atoms with Gasteiger partial charge in [-0.05, 0) is 95.0 Å². The van der Waals surface area contributed by atoms with E-state index >= 15 is 0 Å². The molecule has 0 amide bonds. The van der Waals surface area contributed by atoms with Crippen LogP contribution in [0.3, 0.4) is 0 Å². The minimum atomic E-state index is -1.28. The van der Waals surface area contributed by atoms with Crippen molar-refractivity contribution in [2.75, 3.05) is 0 Å². The van der Waals surface area contributed by atoms with Gasteiger partial charge in [-0.1, -0.05) is 141 Å². The van der Waals surface area contributed by atoms with Crippen molar-refractivity contribution in [2.24, 2.45) is 0 Å². The average molecular weight is 765 g/mol. The fourth-order valence-electron chi connectivity index (χ4n) is 7.63. The minimum Gasteiger partial charge on any atom is -0.458 e. The number of nitrogens with zero attached hydrogens (tertiary/aromatic N) is 4. The molecule has 10 aromatic rings. The summed E-state index contributed by atoms with van der Waals surface area (Å²) in [6.07, 6.45) is 3.74. The van der Waals surface area contributed by atoms with Gasteiger partial charge in [-0.25, -0.2) is 4.98 Å². The number of pyridine rings is 1. The van der Waals surface area contributed by atoms with Crippen molar-refractivity contribution in [3.63, 3.8) is 0 Å². The van der Waals surface area contributed by atoms with Crippen LogP contribution in [-0.4, -0.2) is 14.1 Å². The van der Waals surface area contributed by atoms with Crippen LogP contribution in [0.1, 0.15) is 57.3 Å². The topological polar surface area (TPSA) is 35.9 Å². The molecule has 7 aromatic carbocycles. The zero-order chi connectivity index (χ0) is 51.2. The summed E-state index contributed by atoms with van der Waals surface area (Å²) >= 11 is 0. The van der Waals surface area contributed by atoms with Gasteiger partial charge < -0.3 is 4.74 Å². The Morgan fingerprint density at radius 3 is 2.07 bits per heavy atom. The quantitative estimate of drug-likeness (QED) is 0.103. The van der Waals surface area contributed by atoms with Crippen molar-refractivity contribution in [1.29, 1.82) is 0 Å². The maximum absolute atomic E-state index is 9.40. The number of ether oxygens (including phenoxy) is 1. The van der Waals surface area contributed by atoms with E-state index in [1.165, 1.54) is 0 Å². The van der Waals surface area contributed by atoms with Gasteiger partial charge in [0.25, 0.3) is 6.33 Å². The van der Waals surface area contributed by atoms with Gasteiger partial charge in [0, 0.05) is 24.4 Å². The highest BCUT2D eigenvalue weighted by Gasteiger charge is 2.20. The molecule has 0 saturated heterocycles. The normalized spacial score (nSPS) is 15.1. The van der Waals surface area contributed by atoms with Crippen molar-refractivity contribution >= 4 is 32.8 Å². The Balaban J connectivity index is 1.15. The minimum absolute atomic E-state index is 0.0971. The van der Waals surface area contributed by atoms with Gasteiger partial charge in [-0.3, -0.25) is 13.7 Å². The molecule has 0 aliphatic heterocycles. The van der Waals surface area contributed by atoms with Crippen LogP contribution in [0, 0.1) is 6.33 Å². The molecule has 0 saturated carbocycles. The van der Waals surface area contributed by atoms with Crippen molar-refractivity contribution in [2.45, 2.75) is 32.6 Å². The Hall–Kier alpha value is -7.24. The lowest BCUT2D eigenvalue weighted by atomic mass is 9.95. The molecule has 10 rings (SSSR count). The van der Waals surface area contributed by atoms with Gasteiger partial charge >= 0.3 is 0 Å². The SMILES string of the molecule is [2H]c1nc(-n2c3ccccc3c3ccc(Oc4cccc(-n5[c-][n+](-c6c(-c7c([2H])c([2H])c([2H])c([2H])c7[2H])cccc6-c6c([2H])c([2H])c([2H])c([2H])c6[2H])c6ccccc65)c4)cc32)c([2H])c(C([2H])(CC)CC)c1[2H]. The molecular formula is C53H42N4O. The fraction of sp³-hybridized carbons (Fsp3) is 0.0943. The molecule has 0 bridgehead atoms. The summed E-state index contributed by atoms with van der Waals surface area (Å²) in [5, 5.41) is 1.68. The van der Waals surface area contributed by atoms with Crippen LogP contribution in [0.4, 0.5) is 0 Å². The second-order valence-corrected chi connectivity index (χ2v) is 13.6. The van der Waals surface area contributed by atoms with E-state index in [4.69, 9.17) is 21.2 Å². The average Bonchev–Trinajstić information content (AvgIpc) is 3.93. The summed E-state index contributed by atoms with van der Waals surface area (Å²) < 4.78 is 135. The number of fused-ring (bicyclic) bond motifs is 4. The number of imidazole rings is 1. The molecule has 0 aliphatic rings. The number of hydrogen-bond donors (Lipinski definition) is 0. The van der Waals surface area contributed by atoms with E-state index in [0.29, 0.717) is 52.1 Å². The largest absolute Gasteiger partial charge is 0.458 e. The van der Waals surface area contributed by atoms with Crippen molar-refractivity contribution in [3.05, 3.63) is 200 Å². The lowest BCUT2D eigenvalue weighted by Crippen LogP contribution is -2.31. The van der Waals surface area contributed by atoms with E-state index in [-0.39, 0.29) is 57.6 Å². The second kappa shape index (κ2) is 15.0. The van der Waals surface area contributed by atoms with Gasteiger partial charge in [-0.2, -0.15) is 0 Å². The molecule has 3 aromatic heterocycles. The standard InChI is InChI=1S/C53H42N4O/c1-3-37(4-2)40-31-32-54-52(33-40)57-48-26-12-11-23-46(48)47-30-29-43(35-51(47)57)58-42-22-15-21-41(34-42)55-36-56(50-28-14-13-27-49(50)55)53-44(38-17-7-5-8-18-38)24-16-25-45(53)39-19-9-6-10-20-39/h5-35,37H,3-4H2,1-2H3/i5D,6D,7D,8D,9D,10D,17D,18D,19D,20D,31D,32D,33D,37D. The van der Waals surface area contributed by atoms with Crippen LogP contribution < -0.4 is 9.30 Å². The van der Waals surface area contributed by atoms with Crippen LogP contribution in [-0.2, 0) is 0 Å². The first-order chi connectivity index (χ1) is 34.4. The van der Waals surface area contributed by atoms with Crippen LogP contribution >= 0.6 is 0 Å². The third-order valence-corrected chi connectivity index (χ3v) is 10.3. The zero-order valence-corrected chi connectivity index (χ0v) is 31.5. The number of rotatable bonds is 10. The third-order valence-electron chi connectivity index (χ3n) is 10.3. The van der Waals surface area contributed by atoms with E-state index < -0.39 is 66.3 Å². The van der Waals surface area contributed by atoms with Gasteiger partial charge in [0.05, 0.1) is 51.3 Å². The molecule has 280 valence electrons. The zero-order valence-electron chi connectivity index (χ0n) is 45.5. The molecule has 0 aliphatic carbocycles. The van der Waals surface area contributed by atoms with E-state index in [1.54, 1.807) is 62.2 Å². The lowest BCUT2D eigenvalue weighted by Gasteiger charge is -2.17. The van der Waals surface area contributed by atoms with Crippen LogP contribution in [0.5, 0.6) is 11.5 Å². The summed E-state index contributed by atoms with van der Waals surface area (Å²) in [6, 6.07) is 26.4. The first-order valence-corrected chi connectivity index (χ1v) is 18.9. The monoisotopic (exact) mass is 764 g/mol. The molecule has 0 spiro atoms. The van der Waals surface area contributed by atoms with E-state index in [0.717, 1.165) is 10.8 Å². The van der Waals surface area contributed by atoms with Crippen LogP contribution in [0.15, 0.2) is 188 Å². The predicted molar refractivity (Wildman–Crippen MR) is 236 cm³/mol. The number of aromatic nitrogens is 4. The Morgan fingerprint density at radius 1 is 0.672 bits per heavy atom. The molecular weight excluding hydrogens is 709 g/mol. The number of benzene rings is 7. The highest BCUT2D eigenvalue weighted by Crippen LogP contribution is 2.37.